The maximum Gasteiger partial charge on any atom is 0.223 e. The van der Waals surface area contributed by atoms with E-state index in [-0.39, 0.29) is 18.6 Å². The average Bonchev–Trinajstić information content (AvgIpc) is 2.40. The van der Waals surface area contributed by atoms with Gasteiger partial charge in [-0.1, -0.05) is 25.1 Å². The number of rotatable bonds is 8. The molecular weight excluding hydrogens is 242 g/mol. The van der Waals surface area contributed by atoms with Crippen molar-refractivity contribution in [3.05, 3.63) is 29.8 Å². The van der Waals surface area contributed by atoms with Crippen LogP contribution in [0, 0.1) is 6.92 Å². The minimum absolute atomic E-state index is 0.0334. The Labute approximate surface area is 114 Å². The number of aliphatic hydroxyl groups is 1. The van der Waals surface area contributed by atoms with Gasteiger partial charge in [0.1, 0.15) is 5.75 Å². The molecule has 0 aliphatic rings. The van der Waals surface area contributed by atoms with Crippen molar-refractivity contribution >= 4 is 5.91 Å². The number of hydrogen-bond acceptors (Lipinski definition) is 3. The monoisotopic (exact) mass is 265 g/mol. The predicted molar refractivity (Wildman–Crippen MR) is 75.2 cm³/mol. The number of carbonyl (C=O) groups excluding carboxylic acids is 1. The van der Waals surface area contributed by atoms with E-state index in [9.17, 15) is 4.79 Å². The molecule has 4 heteroatoms. The van der Waals surface area contributed by atoms with Crippen molar-refractivity contribution in [1.29, 1.82) is 0 Å². The van der Waals surface area contributed by atoms with Gasteiger partial charge in [-0.25, -0.2) is 0 Å². The van der Waals surface area contributed by atoms with Crippen LogP contribution < -0.4 is 10.1 Å². The zero-order valence-corrected chi connectivity index (χ0v) is 11.7. The average molecular weight is 265 g/mol. The Bertz CT molecular complexity index is 393. The molecule has 0 spiro atoms. The molecule has 0 aromatic heterocycles. The second kappa shape index (κ2) is 8.53. The molecule has 0 radical (unpaired) electrons. The summed E-state index contributed by atoms with van der Waals surface area (Å²) in [6.45, 7) is 4.43. The molecule has 1 aromatic carbocycles. The van der Waals surface area contributed by atoms with Crippen LogP contribution in [0.25, 0.3) is 0 Å². The van der Waals surface area contributed by atoms with Gasteiger partial charge < -0.3 is 15.2 Å². The van der Waals surface area contributed by atoms with Gasteiger partial charge in [0.15, 0.2) is 0 Å². The van der Waals surface area contributed by atoms with E-state index < -0.39 is 0 Å². The van der Waals surface area contributed by atoms with Crippen molar-refractivity contribution in [1.82, 2.24) is 5.32 Å². The van der Waals surface area contributed by atoms with Crippen LogP contribution in [0.2, 0.25) is 0 Å². The summed E-state index contributed by atoms with van der Waals surface area (Å²) in [6.07, 6.45) is 1.75. The molecule has 106 valence electrons. The summed E-state index contributed by atoms with van der Waals surface area (Å²) in [5, 5.41) is 11.7. The molecule has 4 nitrogen and oxygen atoms in total. The van der Waals surface area contributed by atoms with Crippen molar-refractivity contribution in [3.8, 4) is 5.75 Å². The summed E-state index contributed by atoms with van der Waals surface area (Å²) >= 11 is 0. The molecule has 1 rings (SSSR count). The largest absolute Gasteiger partial charge is 0.493 e. The van der Waals surface area contributed by atoms with Crippen molar-refractivity contribution in [2.75, 3.05) is 13.2 Å². The minimum Gasteiger partial charge on any atom is -0.493 e. The van der Waals surface area contributed by atoms with E-state index in [4.69, 9.17) is 9.84 Å². The van der Waals surface area contributed by atoms with E-state index in [1.54, 1.807) is 0 Å². The molecule has 0 saturated carbocycles. The highest BCUT2D eigenvalue weighted by Crippen LogP contribution is 2.16. The second-order valence-electron chi connectivity index (χ2n) is 4.55. The fourth-order valence-electron chi connectivity index (χ4n) is 1.81. The first-order chi connectivity index (χ1) is 9.17. The Morgan fingerprint density at radius 3 is 2.79 bits per heavy atom. The fraction of sp³-hybridized carbons (Fsp3) is 0.533. The summed E-state index contributed by atoms with van der Waals surface area (Å²) in [6, 6.07) is 7.79. The van der Waals surface area contributed by atoms with E-state index in [1.165, 1.54) is 0 Å². The van der Waals surface area contributed by atoms with Crippen LogP contribution in [0.4, 0.5) is 0 Å². The lowest BCUT2D eigenvalue weighted by Gasteiger charge is -2.16. The Balaban J connectivity index is 2.29. The van der Waals surface area contributed by atoms with Gasteiger partial charge in [0.05, 0.1) is 13.0 Å². The Hall–Kier alpha value is -1.55. The third-order valence-electron chi connectivity index (χ3n) is 3.02. The number of carbonyl (C=O) groups is 1. The summed E-state index contributed by atoms with van der Waals surface area (Å²) in [7, 11) is 0. The third kappa shape index (κ3) is 5.75. The van der Waals surface area contributed by atoms with E-state index in [1.807, 2.05) is 38.1 Å². The van der Waals surface area contributed by atoms with Crippen molar-refractivity contribution in [2.24, 2.45) is 0 Å². The molecule has 1 amide bonds. The van der Waals surface area contributed by atoms with Gasteiger partial charge in [-0.2, -0.15) is 0 Å². The maximum absolute atomic E-state index is 11.7. The van der Waals surface area contributed by atoms with Crippen LogP contribution in [0.5, 0.6) is 5.75 Å². The first-order valence-electron chi connectivity index (χ1n) is 6.76. The molecule has 0 heterocycles. The molecular formula is C15H23NO3. The normalized spacial score (nSPS) is 11.9. The van der Waals surface area contributed by atoms with Crippen LogP contribution in [0.1, 0.15) is 31.7 Å². The Kier molecular flexibility index (Phi) is 6.97. The van der Waals surface area contributed by atoms with Gasteiger partial charge in [0.2, 0.25) is 5.91 Å². The van der Waals surface area contributed by atoms with Crippen LogP contribution in [0.15, 0.2) is 24.3 Å². The van der Waals surface area contributed by atoms with Gasteiger partial charge in [-0.3, -0.25) is 4.79 Å². The lowest BCUT2D eigenvalue weighted by molar-refractivity contribution is -0.122. The van der Waals surface area contributed by atoms with Crippen molar-refractivity contribution in [3.63, 3.8) is 0 Å². The topological polar surface area (TPSA) is 58.6 Å². The molecule has 0 aliphatic carbocycles. The van der Waals surface area contributed by atoms with E-state index in [0.717, 1.165) is 17.7 Å². The van der Waals surface area contributed by atoms with Gasteiger partial charge >= 0.3 is 0 Å². The molecule has 1 unspecified atom stereocenters. The van der Waals surface area contributed by atoms with Crippen LogP contribution in [-0.4, -0.2) is 30.3 Å². The lowest BCUT2D eigenvalue weighted by atomic mass is 10.1. The van der Waals surface area contributed by atoms with Gasteiger partial charge in [-0.05, 0) is 31.4 Å². The first-order valence-corrected chi connectivity index (χ1v) is 6.76. The molecule has 19 heavy (non-hydrogen) atoms. The molecule has 0 aliphatic heterocycles. The highest BCUT2D eigenvalue weighted by Gasteiger charge is 2.09. The van der Waals surface area contributed by atoms with E-state index >= 15 is 0 Å². The quantitative estimate of drug-likeness (QED) is 0.756. The SMILES string of the molecule is CCC(CCO)NC(=O)CCOc1ccccc1C. The van der Waals surface area contributed by atoms with Crippen LogP contribution in [0.3, 0.4) is 0 Å². The molecule has 0 saturated heterocycles. The highest BCUT2D eigenvalue weighted by atomic mass is 16.5. The Morgan fingerprint density at radius 1 is 1.42 bits per heavy atom. The van der Waals surface area contributed by atoms with Gasteiger partial charge in [0, 0.05) is 12.6 Å². The number of amides is 1. The summed E-state index contributed by atoms with van der Waals surface area (Å²) < 4.78 is 5.57. The second-order valence-corrected chi connectivity index (χ2v) is 4.55. The zero-order valence-electron chi connectivity index (χ0n) is 11.7. The number of nitrogens with one attached hydrogen (secondary N) is 1. The highest BCUT2D eigenvalue weighted by molar-refractivity contribution is 5.76. The van der Waals surface area contributed by atoms with Crippen molar-refractivity contribution < 1.29 is 14.6 Å². The first kappa shape index (κ1) is 15.5. The minimum atomic E-state index is -0.0334. The molecule has 1 aromatic rings. The smallest absolute Gasteiger partial charge is 0.223 e. The summed E-state index contributed by atoms with van der Waals surface area (Å²) in [4.78, 5) is 11.7. The van der Waals surface area contributed by atoms with Crippen LogP contribution >= 0.6 is 0 Å². The van der Waals surface area contributed by atoms with Gasteiger partial charge in [-0.15, -0.1) is 0 Å². The third-order valence-corrected chi connectivity index (χ3v) is 3.02. The summed E-state index contributed by atoms with van der Waals surface area (Å²) in [5.74, 6) is 0.784. The number of hydrogen-bond donors (Lipinski definition) is 2. The zero-order chi connectivity index (χ0) is 14.1. The predicted octanol–water partition coefficient (Wildman–Crippen LogP) is 2.04. The fourth-order valence-corrected chi connectivity index (χ4v) is 1.81. The molecule has 0 fully saturated rings. The van der Waals surface area contributed by atoms with E-state index in [2.05, 4.69) is 5.32 Å². The standard InChI is InChI=1S/C15H23NO3/c1-3-13(8-10-17)16-15(18)9-11-19-14-7-5-4-6-12(14)2/h4-7,13,17H,3,8-11H2,1-2H3,(H,16,18). The Morgan fingerprint density at radius 2 is 2.16 bits per heavy atom. The van der Waals surface area contributed by atoms with Gasteiger partial charge in [0.25, 0.3) is 0 Å². The number of ether oxygens (including phenoxy) is 1. The lowest BCUT2D eigenvalue weighted by Crippen LogP contribution is -2.35. The maximum atomic E-state index is 11.7. The number of aryl methyl sites for hydroxylation is 1. The number of benzene rings is 1. The molecule has 1 atom stereocenters. The van der Waals surface area contributed by atoms with E-state index in [0.29, 0.717) is 19.4 Å². The molecule has 2 N–H and O–H groups in total. The van der Waals surface area contributed by atoms with Crippen molar-refractivity contribution in [2.45, 2.75) is 39.2 Å². The number of para-hydroxylation sites is 1. The summed E-state index contributed by atoms with van der Waals surface area (Å²) in [5.41, 5.74) is 1.06. The molecule has 0 bridgehead atoms. The number of aliphatic hydroxyl groups excluding tert-OH is 1. The van der Waals surface area contributed by atoms with Crippen LogP contribution in [-0.2, 0) is 4.79 Å².